The Balaban J connectivity index is 0.000000490. The molecule has 0 aliphatic carbocycles. The third kappa shape index (κ3) is 1.23. The van der Waals surface area contributed by atoms with Crippen LogP contribution in [0.3, 0.4) is 0 Å². The van der Waals surface area contributed by atoms with Gasteiger partial charge in [0, 0.05) is 0 Å². The van der Waals surface area contributed by atoms with E-state index in [-0.39, 0.29) is 23.6 Å². The molecule has 0 aromatic heterocycles. The molecule has 1 aliphatic heterocycles. The number of ether oxygens (including phenoxy) is 1. The molecular formula is C4H5BrO3. The second-order valence-corrected chi connectivity index (χ2v) is 1.26. The summed E-state index contributed by atoms with van der Waals surface area (Å²) in [5.41, 5.74) is 0.347. The first kappa shape index (κ1) is 7.49. The van der Waals surface area contributed by atoms with Gasteiger partial charge in [0.1, 0.15) is 12.2 Å². The summed E-state index contributed by atoms with van der Waals surface area (Å²) in [6.07, 6.45) is 1.24. The van der Waals surface area contributed by atoms with Crippen LogP contribution in [0.1, 0.15) is 0 Å². The Morgan fingerprint density at radius 2 is 2.38 bits per heavy atom. The highest BCUT2D eigenvalue weighted by Gasteiger charge is 2.13. The van der Waals surface area contributed by atoms with Gasteiger partial charge in [-0.15, -0.1) is 17.0 Å². The third-order valence-electron chi connectivity index (χ3n) is 0.739. The Hall–Kier alpha value is -0.510. The van der Waals surface area contributed by atoms with E-state index in [9.17, 15) is 4.79 Å². The van der Waals surface area contributed by atoms with Gasteiger partial charge in [0.2, 0.25) is 0 Å². The second-order valence-electron chi connectivity index (χ2n) is 1.26. The first-order valence-electron chi connectivity index (χ1n) is 1.84. The Kier molecular flexibility index (Phi) is 2.54. The quantitative estimate of drug-likeness (QED) is 0.642. The molecule has 1 aliphatic rings. The molecular weight excluding hydrogens is 176 g/mol. The molecule has 1 heterocycles. The molecule has 0 fully saturated rings. The molecule has 0 bridgehead atoms. The van der Waals surface area contributed by atoms with E-state index in [1.807, 2.05) is 0 Å². The number of rotatable bonds is 1. The lowest BCUT2D eigenvalue weighted by atomic mass is 10.3. The molecule has 0 unspecified atom stereocenters. The molecule has 4 heteroatoms. The van der Waals surface area contributed by atoms with Gasteiger partial charge in [0.05, 0.1) is 6.26 Å². The van der Waals surface area contributed by atoms with Crippen molar-refractivity contribution in [3.05, 3.63) is 11.8 Å². The Bertz CT molecular complexity index is 129. The van der Waals surface area contributed by atoms with Crippen LogP contribution in [0.5, 0.6) is 0 Å². The second kappa shape index (κ2) is 2.71. The van der Waals surface area contributed by atoms with Crippen LogP contribution in [0.15, 0.2) is 11.8 Å². The minimum atomic E-state index is -0.883. The zero-order chi connectivity index (χ0) is 5.28. The van der Waals surface area contributed by atoms with Crippen LogP contribution in [0.4, 0.5) is 0 Å². The van der Waals surface area contributed by atoms with Crippen LogP contribution in [0, 0.1) is 0 Å². The van der Waals surface area contributed by atoms with Gasteiger partial charge in [-0.3, -0.25) is 0 Å². The van der Waals surface area contributed by atoms with E-state index in [2.05, 4.69) is 4.74 Å². The van der Waals surface area contributed by atoms with Crippen LogP contribution in [0.2, 0.25) is 0 Å². The van der Waals surface area contributed by atoms with Crippen molar-refractivity contribution in [3.8, 4) is 0 Å². The standard InChI is InChI=1S/C4H4O3.BrH/c5-4(6)3-1-7-2-3;/h1H,2H2,(H,5,6);1H. The summed E-state index contributed by atoms with van der Waals surface area (Å²) in [6, 6.07) is 0. The largest absolute Gasteiger partial charge is 0.495 e. The van der Waals surface area contributed by atoms with Gasteiger partial charge in [-0.05, 0) is 0 Å². The van der Waals surface area contributed by atoms with Crippen molar-refractivity contribution in [1.29, 1.82) is 0 Å². The average Bonchev–Trinajstić information content (AvgIpc) is 1.23. The molecule has 0 atom stereocenters. The number of hydrogen-bond acceptors (Lipinski definition) is 2. The maximum atomic E-state index is 9.83. The molecule has 0 radical (unpaired) electrons. The van der Waals surface area contributed by atoms with E-state index >= 15 is 0 Å². The number of halogens is 1. The fourth-order valence-electron chi connectivity index (χ4n) is 0.279. The normalized spacial score (nSPS) is 14.2. The van der Waals surface area contributed by atoms with Crippen molar-refractivity contribution in [1.82, 2.24) is 0 Å². The number of hydrogen-bond donors (Lipinski definition) is 1. The predicted molar refractivity (Wildman–Crippen MR) is 32.0 cm³/mol. The van der Waals surface area contributed by atoms with E-state index in [1.165, 1.54) is 6.26 Å². The van der Waals surface area contributed by atoms with Crippen LogP contribution < -0.4 is 0 Å². The number of aliphatic carboxylic acids is 1. The lowest BCUT2D eigenvalue weighted by Gasteiger charge is -2.09. The molecule has 8 heavy (non-hydrogen) atoms. The molecule has 0 aromatic rings. The first-order valence-corrected chi connectivity index (χ1v) is 1.84. The summed E-state index contributed by atoms with van der Waals surface area (Å²) in [5.74, 6) is -0.883. The van der Waals surface area contributed by atoms with Crippen molar-refractivity contribution in [2.45, 2.75) is 0 Å². The molecule has 0 spiro atoms. The number of carboxylic acids is 1. The summed E-state index contributed by atoms with van der Waals surface area (Å²) in [4.78, 5) is 9.83. The van der Waals surface area contributed by atoms with Crippen molar-refractivity contribution in [3.63, 3.8) is 0 Å². The van der Waals surface area contributed by atoms with Gasteiger partial charge >= 0.3 is 5.97 Å². The Labute approximate surface area is 56.7 Å². The highest BCUT2D eigenvalue weighted by atomic mass is 79.9. The summed E-state index contributed by atoms with van der Waals surface area (Å²) < 4.78 is 4.45. The van der Waals surface area contributed by atoms with Gasteiger partial charge in [-0.2, -0.15) is 0 Å². The van der Waals surface area contributed by atoms with Gasteiger partial charge in [-0.25, -0.2) is 4.79 Å². The minimum Gasteiger partial charge on any atom is -0.495 e. The van der Waals surface area contributed by atoms with Crippen LogP contribution in [0.25, 0.3) is 0 Å². The van der Waals surface area contributed by atoms with E-state index in [4.69, 9.17) is 5.11 Å². The maximum absolute atomic E-state index is 9.83. The molecule has 1 rings (SSSR count). The topological polar surface area (TPSA) is 46.5 Å². The van der Waals surface area contributed by atoms with Crippen LogP contribution in [-0.4, -0.2) is 17.7 Å². The molecule has 0 saturated carbocycles. The highest BCUT2D eigenvalue weighted by Crippen LogP contribution is 2.05. The third-order valence-corrected chi connectivity index (χ3v) is 0.739. The zero-order valence-corrected chi connectivity index (χ0v) is 5.67. The van der Waals surface area contributed by atoms with Crippen molar-refractivity contribution < 1.29 is 14.6 Å². The van der Waals surface area contributed by atoms with E-state index < -0.39 is 5.97 Å². The monoisotopic (exact) mass is 180 g/mol. The van der Waals surface area contributed by atoms with Gasteiger partial charge in [-0.1, -0.05) is 0 Å². The molecule has 0 saturated heterocycles. The summed E-state index contributed by atoms with van der Waals surface area (Å²) in [5, 5.41) is 8.08. The van der Waals surface area contributed by atoms with Gasteiger partial charge in [0.15, 0.2) is 0 Å². The van der Waals surface area contributed by atoms with Crippen LogP contribution >= 0.6 is 17.0 Å². The van der Waals surface area contributed by atoms with Crippen molar-refractivity contribution in [2.24, 2.45) is 0 Å². The smallest absolute Gasteiger partial charge is 0.338 e. The predicted octanol–water partition coefficient (Wildman–Crippen LogP) is 0.563. The van der Waals surface area contributed by atoms with Gasteiger partial charge < -0.3 is 9.84 Å². The summed E-state index contributed by atoms with van der Waals surface area (Å²) in [7, 11) is 0. The molecule has 3 nitrogen and oxygen atoms in total. The van der Waals surface area contributed by atoms with E-state index in [0.29, 0.717) is 5.57 Å². The Morgan fingerprint density at radius 3 is 2.38 bits per heavy atom. The van der Waals surface area contributed by atoms with E-state index in [0.717, 1.165) is 0 Å². The molecule has 0 aromatic carbocycles. The molecule has 46 valence electrons. The zero-order valence-electron chi connectivity index (χ0n) is 3.96. The van der Waals surface area contributed by atoms with Gasteiger partial charge in [0.25, 0.3) is 0 Å². The lowest BCUT2D eigenvalue weighted by Crippen LogP contribution is -2.13. The number of carbonyl (C=O) groups is 1. The summed E-state index contributed by atoms with van der Waals surface area (Å²) >= 11 is 0. The lowest BCUT2D eigenvalue weighted by molar-refractivity contribution is -0.134. The summed E-state index contributed by atoms with van der Waals surface area (Å²) in [6.45, 7) is 0.259. The fraction of sp³-hybridized carbons (Fsp3) is 0.250. The molecule has 0 amide bonds. The minimum absolute atomic E-state index is 0. The Morgan fingerprint density at radius 1 is 1.88 bits per heavy atom. The van der Waals surface area contributed by atoms with E-state index in [1.54, 1.807) is 0 Å². The maximum Gasteiger partial charge on any atom is 0.338 e. The fourth-order valence-corrected chi connectivity index (χ4v) is 0.279. The first-order chi connectivity index (χ1) is 3.30. The highest BCUT2D eigenvalue weighted by molar-refractivity contribution is 8.93. The van der Waals surface area contributed by atoms with Crippen LogP contribution in [-0.2, 0) is 9.53 Å². The average molecular weight is 181 g/mol. The SMILES string of the molecule is Br.O=C(O)C1=COC1. The number of carboxylic acid groups (broad SMARTS) is 1. The molecule has 1 N–H and O–H groups in total. The van der Waals surface area contributed by atoms with Crippen molar-refractivity contribution >= 4 is 23.0 Å². The van der Waals surface area contributed by atoms with Crippen molar-refractivity contribution in [2.75, 3.05) is 6.61 Å².